The molecule has 0 aromatic carbocycles. The van der Waals surface area contributed by atoms with Crippen LogP contribution in [0.1, 0.15) is 169 Å². The summed E-state index contributed by atoms with van der Waals surface area (Å²) in [5.74, 6) is -2.08. The SMILES string of the molecule is CCCCCCCCP(Cl)(CCCCCCC)(CCCCCCC)CCCCCCCC. The van der Waals surface area contributed by atoms with E-state index in [9.17, 15) is 0 Å². The minimum absolute atomic E-state index is 1.34. The topological polar surface area (TPSA) is 0 Å². The number of halogens is 1. The van der Waals surface area contributed by atoms with Crippen molar-refractivity contribution in [2.45, 2.75) is 169 Å². The third-order valence-electron chi connectivity index (χ3n) is 7.78. The molecule has 0 atom stereocenters. The Balaban J connectivity index is 4.98. The van der Waals surface area contributed by atoms with Crippen molar-refractivity contribution in [3.63, 3.8) is 0 Å². The summed E-state index contributed by atoms with van der Waals surface area (Å²) >= 11 is 8.03. The summed E-state index contributed by atoms with van der Waals surface area (Å²) in [6, 6.07) is 0. The number of hydrogen-bond donors (Lipinski definition) is 0. The Labute approximate surface area is 210 Å². The number of rotatable bonds is 26. The molecule has 196 valence electrons. The Hall–Kier alpha value is 0.720. The number of hydrogen-bond acceptors (Lipinski definition) is 0. The van der Waals surface area contributed by atoms with Crippen LogP contribution in [-0.4, -0.2) is 24.6 Å². The van der Waals surface area contributed by atoms with Crippen LogP contribution in [0, 0.1) is 0 Å². The quantitative estimate of drug-likeness (QED) is 0.0834. The van der Waals surface area contributed by atoms with Gasteiger partial charge in [0.25, 0.3) is 0 Å². The predicted molar refractivity (Wildman–Crippen MR) is 157 cm³/mol. The molecule has 32 heavy (non-hydrogen) atoms. The van der Waals surface area contributed by atoms with E-state index in [1.54, 1.807) is 0 Å². The maximum absolute atomic E-state index is 8.03. The first-order valence-electron chi connectivity index (χ1n) is 15.3. The van der Waals surface area contributed by atoms with Crippen LogP contribution in [0.3, 0.4) is 0 Å². The van der Waals surface area contributed by atoms with Gasteiger partial charge in [0.05, 0.1) is 0 Å². The fourth-order valence-electron chi connectivity index (χ4n) is 5.47. The minimum atomic E-state index is -2.08. The van der Waals surface area contributed by atoms with Crippen molar-refractivity contribution in [1.82, 2.24) is 0 Å². The molecule has 2 heteroatoms. The molecule has 0 unspecified atom stereocenters. The zero-order valence-electron chi connectivity index (χ0n) is 23.2. The van der Waals surface area contributed by atoms with Gasteiger partial charge in [0.2, 0.25) is 0 Å². The second-order valence-corrected chi connectivity index (χ2v) is 19.4. The average molecular weight is 491 g/mol. The molecule has 0 N–H and O–H groups in total. The second kappa shape index (κ2) is 22.2. The molecule has 0 fully saturated rings. The van der Waals surface area contributed by atoms with Gasteiger partial charge in [-0.1, -0.05) is 0 Å². The van der Waals surface area contributed by atoms with E-state index in [1.807, 2.05) is 0 Å². The Morgan fingerprint density at radius 1 is 0.312 bits per heavy atom. The molecule has 0 radical (unpaired) electrons. The van der Waals surface area contributed by atoms with Crippen molar-refractivity contribution in [2.24, 2.45) is 0 Å². The van der Waals surface area contributed by atoms with Crippen LogP contribution in [0.25, 0.3) is 0 Å². The van der Waals surface area contributed by atoms with Crippen LogP contribution in [0.5, 0.6) is 0 Å². The Kier molecular flexibility index (Phi) is 22.7. The summed E-state index contributed by atoms with van der Waals surface area (Å²) < 4.78 is 0. The maximum atomic E-state index is 8.03. The molecule has 0 aliphatic carbocycles. The Morgan fingerprint density at radius 3 is 0.719 bits per heavy atom. The van der Waals surface area contributed by atoms with E-state index in [1.165, 1.54) is 166 Å². The molecular formula is C30H64ClP. The molecule has 0 rings (SSSR count). The van der Waals surface area contributed by atoms with Gasteiger partial charge in [-0.05, 0) is 0 Å². The summed E-state index contributed by atoms with van der Waals surface area (Å²) in [4.78, 5) is 0. The van der Waals surface area contributed by atoms with Crippen molar-refractivity contribution >= 4 is 17.2 Å². The van der Waals surface area contributed by atoms with Gasteiger partial charge >= 0.3 is 211 Å². The van der Waals surface area contributed by atoms with Gasteiger partial charge in [0.1, 0.15) is 0 Å². The van der Waals surface area contributed by atoms with Gasteiger partial charge in [-0.25, -0.2) is 0 Å². The zero-order chi connectivity index (χ0) is 23.8. The second-order valence-electron chi connectivity index (χ2n) is 11.1. The van der Waals surface area contributed by atoms with Crippen molar-refractivity contribution < 1.29 is 0 Å². The van der Waals surface area contributed by atoms with Crippen LogP contribution < -0.4 is 0 Å². The van der Waals surface area contributed by atoms with Crippen LogP contribution in [0.2, 0.25) is 0 Å². The third-order valence-corrected chi connectivity index (χ3v) is 15.5. The molecule has 0 aliphatic rings. The fourth-order valence-corrected chi connectivity index (χ4v) is 12.3. The summed E-state index contributed by atoms with van der Waals surface area (Å²) in [7, 11) is 0. The average Bonchev–Trinajstić information content (AvgIpc) is 2.79. The van der Waals surface area contributed by atoms with Crippen LogP contribution in [0.15, 0.2) is 0 Å². The van der Waals surface area contributed by atoms with Gasteiger partial charge in [0, 0.05) is 0 Å². The number of unbranched alkanes of at least 4 members (excludes halogenated alkanes) is 18. The van der Waals surface area contributed by atoms with Gasteiger partial charge in [-0.15, -0.1) is 0 Å². The van der Waals surface area contributed by atoms with E-state index in [4.69, 9.17) is 11.2 Å². The van der Waals surface area contributed by atoms with Gasteiger partial charge in [-0.3, -0.25) is 0 Å². The molecule has 0 aliphatic heterocycles. The molecule has 0 saturated heterocycles. The normalized spacial score (nSPS) is 13.3. The third kappa shape index (κ3) is 18.1. The summed E-state index contributed by atoms with van der Waals surface area (Å²) in [5, 5.41) is 0. The van der Waals surface area contributed by atoms with E-state index in [0.717, 1.165) is 0 Å². The molecule has 0 bridgehead atoms. The first kappa shape index (κ1) is 32.7. The van der Waals surface area contributed by atoms with Gasteiger partial charge in [-0.2, -0.15) is 0 Å². The van der Waals surface area contributed by atoms with E-state index < -0.39 is 5.96 Å². The van der Waals surface area contributed by atoms with Crippen molar-refractivity contribution in [1.29, 1.82) is 0 Å². The van der Waals surface area contributed by atoms with Gasteiger partial charge < -0.3 is 0 Å². The van der Waals surface area contributed by atoms with Crippen LogP contribution >= 0.6 is 17.2 Å². The van der Waals surface area contributed by atoms with Crippen molar-refractivity contribution in [3.8, 4) is 0 Å². The van der Waals surface area contributed by atoms with Gasteiger partial charge in [0.15, 0.2) is 0 Å². The monoisotopic (exact) mass is 490 g/mol. The first-order valence-corrected chi connectivity index (χ1v) is 19.1. The Morgan fingerprint density at radius 2 is 0.500 bits per heavy atom. The molecule has 0 amide bonds. The predicted octanol–water partition coefficient (Wildman–Crippen LogP) is 12.4. The summed E-state index contributed by atoms with van der Waals surface area (Å²) in [5.41, 5.74) is 0. The summed E-state index contributed by atoms with van der Waals surface area (Å²) in [6.45, 7) is 9.30. The standard InChI is InChI=1S/C30H64ClP/c1-5-9-13-17-21-25-29-32(31,27-23-19-15-11-7-3,28-24-20-16-12-8-4)30-26-22-18-14-10-6-2/h5-30H2,1-4H3. The molecule has 0 aromatic heterocycles. The van der Waals surface area contributed by atoms with Crippen LogP contribution in [0.4, 0.5) is 0 Å². The zero-order valence-corrected chi connectivity index (χ0v) is 24.9. The van der Waals surface area contributed by atoms with Crippen LogP contribution in [-0.2, 0) is 0 Å². The molecular weight excluding hydrogens is 427 g/mol. The molecule has 0 nitrogen and oxygen atoms in total. The molecule has 0 spiro atoms. The first-order chi connectivity index (χ1) is 15.5. The van der Waals surface area contributed by atoms with E-state index in [-0.39, 0.29) is 0 Å². The molecule has 0 heterocycles. The van der Waals surface area contributed by atoms with Crippen molar-refractivity contribution in [3.05, 3.63) is 0 Å². The summed E-state index contributed by atoms with van der Waals surface area (Å²) in [6.07, 6.45) is 36.5. The molecule has 0 saturated carbocycles. The van der Waals surface area contributed by atoms with E-state index in [2.05, 4.69) is 27.7 Å². The fraction of sp³-hybridized carbons (Fsp3) is 1.00. The van der Waals surface area contributed by atoms with E-state index >= 15 is 0 Å². The van der Waals surface area contributed by atoms with Crippen molar-refractivity contribution in [2.75, 3.05) is 24.6 Å². The Bertz CT molecular complexity index is 347. The molecule has 0 aromatic rings. The van der Waals surface area contributed by atoms with E-state index in [0.29, 0.717) is 0 Å².